The topological polar surface area (TPSA) is 60.2 Å². The normalized spacial score (nSPS) is 12.4. The number of hydrogen-bond donors (Lipinski definition) is 1. The zero-order valence-electron chi connectivity index (χ0n) is 11.8. The monoisotopic (exact) mass is 339 g/mol. The molecule has 0 fully saturated rings. The molecule has 0 amide bonds. The molecule has 20 heavy (non-hydrogen) atoms. The van der Waals surface area contributed by atoms with Crippen molar-refractivity contribution in [2.24, 2.45) is 0 Å². The predicted molar refractivity (Wildman–Crippen MR) is 79.6 cm³/mol. The summed E-state index contributed by atoms with van der Waals surface area (Å²) in [5.74, 6) is 0.837. The number of aromatic nitrogens is 2. The second-order valence-electron chi connectivity index (χ2n) is 4.55. The minimum absolute atomic E-state index is 0.212. The maximum atomic E-state index is 5.86. The van der Waals surface area contributed by atoms with E-state index in [4.69, 9.17) is 4.74 Å². The molecule has 0 spiro atoms. The number of rotatable bonds is 6. The van der Waals surface area contributed by atoms with E-state index in [1.54, 1.807) is 0 Å². The number of nitrogens with one attached hydrogen (secondary N) is 1. The van der Waals surface area contributed by atoms with Crippen LogP contribution in [0.15, 0.2) is 27.3 Å². The van der Waals surface area contributed by atoms with Gasteiger partial charge in [-0.1, -0.05) is 33.2 Å². The molecule has 1 N–H and O–H groups in total. The van der Waals surface area contributed by atoms with Gasteiger partial charge in [0.05, 0.1) is 0 Å². The van der Waals surface area contributed by atoms with E-state index in [0.717, 1.165) is 33.7 Å². The summed E-state index contributed by atoms with van der Waals surface area (Å²) in [7, 11) is 0. The third-order valence-corrected chi connectivity index (χ3v) is 3.55. The van der Waals surface area contributed by atoms with Gasteiger partial charge in [0, 0.05) is 16.1 Å². The Balaban J connectivity index is 2.16. The van der Waals surface area contributed by atoms with Crippen molar-refractivity contribution in [3.8, 4) is 5.75 Å². The number of hydrogen-bond acceptors (Lipinski definition) is 5. The van der Waals surface area contributed by atoms with Crippen LogP contribution in [0.5, 0.6) is 5.75 Å². The van der Waals surface area contributed by atoms with Gasteiger partial charge in [-0.15, -0.1) is 0 Å². The van der Waals surface area contributed by atoms with Crippen LogP contribution < -0.4 is 10.1 Å². The van der Waals surface area contributed by atoms with Crippen LogP contribution in [0.25, 0.3) is 0 Å². The first-order valence-corrected chi connectivity index (χ1v) is 7.34. The van der Waals surface area contributed by atoms with Crippen molar-refractivity contribution >= 4 is 15.9 Å². The molecule has 1 heterocycles. The van der Waals surface area contributed by atoms with E-state index in [0.29, 0.717) is 6.61 Å². The fourth-order valence-corrected chi connectivity index (χ4v) is 2.31. The SMILES string of the molecule is CCNC(C)c1cc(Br)ccc1OCc1nonc1C. The van der Waals surface area contributed by atoms with E-state index in [9.17, 15) is 0 Å². The molecular weight excluding hydrogens is 322 g/mol. The lowest BCUT2D eigenvalue weighted by Crippen LogP contribution is -2.18. The van der Waals surface area contributed by atoms with Gasteiger partial charge in [-0.3, -0.25) is 0 Å². The average Bonchev–Trinajstić information content (AvgIpc) is 2.83. The minimum atomic E-state index is 0.212. The minimum Gasteiger partial charge on any atom is -0.487 e. The summed E-state index contributed by atoms with van der Waals surface area (Å²) in [5.41, 5.74) is 2.58. The average molecular weight is 340 g/mol. The van der Waals surface area contributed by atoms with Gasteiger partial charge < -0.3 is 10.1 Å². The van der Waals surface area contributed by atoms with Crippen LogP contribution in [-0.4, -0.2) is 16.9 Å². The standard InChI is InChI=1S/C14H18BrN3O2/c1-4-16-9(2)12-7-11(15)5-6-14(12)19-8-13-10(3)17-20-18-13/h5-7,9,16H,4,8H2,1-3H3. The van der Waals surface area contributed by atoms with Crippen molar-refractivity contribution in [3.63, 3.8) is 0 Å². The third kappa shape index (κ3) is 3.58. The molecule has 1 aromatic carbocycles. The number of aryl methyl sites for hydroxylation is 1. The Hall–Kier alpha value is -1.40. The first-order valence-electron chi connectivity index (χ1n) is 6.55. The number of ether oxygens (including phenoxy) is 1. The first kappa shape index (κ1) is 15.0. The Labute approximate surface area is 126 Å². The van der Waals surface area contributed by atoms with E-state index < -0.39 is 0 Å². The highest BCUT2D eigenvalue weighted by atomic mass is 79.9. The molecule has 2 aromatic rings. The Morgan fingerprint density at radius 2 is 2.20 bits per heavy atom. The van der Waals surface area contributed by atoms with Gasteiger partial charge in [0.15, 0.2) is 0 Å². The fraction of sp³-hybridized carbons (Fsp3) is 0.429. The highest BCUT2D eigenvalue weighted by molar-refractivity contribution is 9.10. The number of benzene rings is 1. The summed E-state index contributed by atoms with van der Waals surface area (Å²) >= 11 is 3.50. The maximum Gasteiger partial charge on any atom is 0.145 e. The van der Waals surface area contributed by atoms with Crippen molar-refractivity contribution < 1.29 is 9.37 Å². The molecule has 0 radical (unpaired) electrons. The second-order valence-corrected chi connectivity index (χ2v) is 5.46. The Morgan fingerprint density at radius 3 is 2.85 bits per heavy atom. The smallest absolute Gasteiger partial charge is 0.145 e. The number of nitrogens with zero attached hydrogens (tertiary/aromatic N) is 2. The van der Waals surface area contributed by atoms with Gasteiger partial charge in [0.1, 0.15) is 23.7 Å². The van der Waals surface area contributed by atoms with Crippen LogP contribution in [0, 0.1) is 6.92 Å². The molecule has 0 saturated carbocycles. The summed E-state index contributed by atoms with van der Waals surface area (Å²) in [5, 5.41) is 11.0. The van der Waals surface area contributed by atoms with Crippen LogP contribution in [-0.2, 0) is 6.61 Å². The first-order chi connectivity index (χ1) is 9.61. The Morgan fingerprint density at radius 1 is 1.40 bits per heavy atom. The molecule has 0 aliphatic carbocycles. The molecule has 1 atom stereocenters. The zero-order valence-corrected chi connectivity index (χ0v) is 13.4. The predicted octanol–water partition coefficient (Wildman–Crippen LogP) is 3.39. The Bertz CT molecular complexity index is 571. The summed E-state index contributed by atoms with van der Waals surface area (Å²) in [6.07, 6.45) is 0. The lowest BCUT2D eigenvalue weighted by atomic mass is 10.1. The summed E-state index contributed by atoms with van der Waals surface area (Å²) < 4.78 is 11.6. The van der Waals surface area contributed by atoms with Crippen molar-refractivity contribution in [2.75, 3.05) is 6.54 Å². The Kier molecular flexibility index (Phi) is 5.14. The largest absolute Gasteiger partial charge is 0.487 e. The molecule has 1 unspecified atom stereocenters. The molecular formula is C14H18BrN3O2. The van der Waals surface area contributed by atoms with Gasteiger partial charge in [-0.2, -0.15) is 0 Å². The quantitative estimate of drug-likeness (QED) is 0.873. The van der Waals surface area contributed by atoms with Crippen LogP contribution in [0.1, 0.15) is 36.8 Å². The van der Waals surface area contributed by atoms with Crippen molar-refractivity contribution in [3.05, 3.63) is 39.6 Å². The van der Waals surface area contributed by atoms with Gasteiger partial charge >= 0.3 is 0 Å². The lowest BCUT2D eigenvalue weighted by Gasteiger charge is -2.17. The molecule has 2 rings (SSSR count). The van der Waals surface area contributed by atoms with Crippen molar-refractivity contribution in [1.82, 2.24) is 15.6 Å². The molecule has 5 nitrogen and oxygen atoms in total. The maximum absolute atomic E-state index is 5.86. The highest BCUT2D eigenvalue weighted by Crippen LogP contribution is 2.29. The molecule has 0 aliphatic rings. The van der Waals surface area contributed by atoms with Gasteiger partial charge in [-0.25, -0.2) is 4.63 Å². The summed E-state index contributed by atoms with van der Waals surface area (Å²) in [4.78, 5) is 0. The highest BCUT2D eigenvalue weighted by Gasteiger charge is 2.13. The molecule has 6 heteroatoms. The third-order valence-electron chi connectivity index (χ3n) is 3.06. The van der Waals surface area contributed by atoms with E-state index in [1.807, 2.05) is 19.1 Å². The van der Waals surface area contributed by atoms with Crippen molar-refractivity contribution in [1.29, 1.82) is 0 Å². The van der Waals surface area contributed by atoms with Gasteiger partial charge in [-0.05, 0) is 38.6 Å². The van der Waals surface area contributed by atoms with E-state index in [2.05, 4.69) is 56.1 Å². The molecule has 0 aliphatic heterocycles. The summed E-state index contributed by atoms with van der Waals surface area (Å²) in [6.45, 7) is 7.29. The van der Waals surface area contributed by atoms with Crippen LogP contribution in [0.4, 0.5) is 0 Å². The molecule has 108 valence electrons. The van der Waals surface area contributed by atoms with Crippen LogP contribution in [0.2, 0.25) is 0 Å². The zero-order chi connectivity index (χ0) is 14.5. The summed E-state index contributed by atoms with van der Waals surface area (Å²) in [6, 6.07) is 6.20. The van der Waals surface area contributed by atoms with Crippen LogP contribution >= 0.6 is 15.9 Å². The number of halogens is 1. The van der Waals surface area contributed by atoms with Crippen molar-refractivity contribution in [2.45, 2.75) is 33.4 Å². The molecule has 1 aromatic heterocycles. The molecule has 0 bridgehead atoms. The lowest BCUT2D eigenvalue weighted by molar-refractivity contribution is 0.267. The second kappa shape index (κ2) is 6.85. The van der Waals surface area contributed by atoms with E-state index in [1.165, 1.54) is 0 Å². The van der Waals surface area contributed by atoms with Crippen LogP contribution in [0.3, 0.4) is 0 Å². The molecule has 0 saturated heterocycles. The van der Waals surface area contributed by atoms with Gasteiger partial charge in [0.2, 0.25) is 0 Å². The van der Waals surface area contributed by atoms with Gasteiger partial charge in [0.25, 0.3) is 0 Å². The fourth-order valence-electron chi connectivity index (χ4n) is 1.93. The van der Waals surface area contributed by atoms with E-state index in [-0.39, 0.29) is 6.04 Å². The van der Waals surface area contributed by atoms with E-state index >= 15 is 0 Å².